The number of benzene rings is 2. The molecular weight excluding hydrogens is 320 g/mol. The summed E-state index contributed by atoms with van der Waals surface area (Å²) in [5.74, 6) is 1.15. The van der Waals surface area contributed by atoms with Crippen molar-refractivity contribution < 1.29 is 19.1 Å². The minimum Gasteiger partial charge on any atom is -0.493 e. The smallest absolute Gasteiger partial charge is 0.238 e. The quantitative estimate of drug-likeness (QED) is 0.721. The largest absolute Gasteiger partial charge is 0.493 e. The van der Waals surface area contributed by atoms with E-state index in [2.05, 4.69) is 10.6 Å². The SMILES string of the molecule is COc1ccc(CNCC(=O)Nc2ccc(C(C)=O)cc2)cc1OC. The molecule has 0 aliphatic carbocycles. The van der Waals surface area contributed by atoms with Crippen LogP contribution in [0.15, 0.2) is 42.5 Å². The van der Waals surface area contributed by atoms with Crippen molar-refractivity contribution in [3.05, 3.63) is 53.6 Å². The standard InChI is InChI=1S/C19H22N2O4/c1-13(22)15-5-7-16(8-6-15)21-19(23)12-20-11-14-4-9-17(24-2)18(10-14)25-3/h4-10,20H,11-12H2,1-3H3,(H,21,23). The molecular formula is C19H22N2O4. The molecule has 0 saturated carbocycles. The first-order chi connectivity index (χ1) is 12.0. The van der Waals surface area contributed by atoms with Gasteiger partial charge in [-0.3, -0.25) is 9.59 Å². The average Bonchev–Trinajstić information content (AvgIpc) is 2.62. The van der Waals surface area contributed by atoms with Crippen molar-refractivity contribution >= 4 is 17.4 Å². The zero-order valence-electron chi connectivity index (χ0n) is 14.6. The van der Waals surface area contributed by atoms with E-state index >= 15 is 0 Å². The summed E-state index contributed by atoms with van der Waals surface area (Å²) >= 11 is 0. The number of amides is 1. The van der Waals surface area contributed by atoms with Gasteiger partial charge < -0.3 is 20.1 Å². The number of rotatable bonds is 8. The van der Waals surface area contributed by atoms with Crippen molar-refractivity contribution in [3.63, 3.8) is 0 Å². The van der Waals surface area contributed by atoms with Gasteiger partial charge in [0.15, 0.2) is 17.3 Å². The highest BCUT2D eigenvalue weighted by Gasteiger charge is 2.06. The van der Waals surface area contributed by atoms with Gasteiger partial charge in [0.05, 0.1) is 20.8 Å². The third kappa shape index (κ3) is 5.32. The molecule has 2 N–H and O–H groups in total. The molecule has 0 radical (unpaired) electrons. The maximum Gasteiger partial charge on any atom is 0.238 e. The lowest BCUT2D eigenvalue weighted by Gasteiger charge is -2.10. The summed E-state index contributed by atoms with van der Waals surface area (Å²) < 4.78 is 10.4. The Morgan fingerprint density at radius 2 is 1.64 bits per heavy atom. The molecule has 0 spiro atoms. The second-order valence-electron chi connectivity index (χ2n) is 5.47. The predicted molar refractivity (Wildman–Crippen MR) is 96.3 cm³/mol. The molecule has 25 heavy (non-hydrogen) atoms. The molecule has 6 heteroatoms. The highest BCUT2D eigenvalue weighted by molar-refractivity contribution is 5.96. The fourth-order valence-electron chi connectivity index (χ4n) is 2.30. The summed E-state index contributed by atoms with van der Waals surface area (Å²) in [5, 5.41) is 5.86. The zero-order valence-corrected chi connectivity index (χ0v) is 14.6. The zero-order chi connectivity index (χ0) is 18.2. The third-order valence-electron chi connectivity index (χ3n) is 3.64. The Hall–Kier alpha value is -2.86. The van der Waals surface area contributed by atoms with Gasteiger partial charge in [-0.15, -0.1) is 0 Å². The van der Waals surface area contributed by atoms with Crippen molar-refractivity contribution in [3.8, 4) is 11.5 Å². The van der Waals surface area contributed by atoms with Crippen molar-refractivity contribution in [2.75, 3.05) is 26.1 Å². The van der Waals surface area contributed by atoms with Crippen LogP contribution < -0.4 is 20.1 Å². The van der Waals surface area contributed by atoms with Crippen LogP contribution in [0.5, 0.6) is 11.5 Å². The summed E-state index contributed by atoms with van der Waals surface area (Å²) in [6.45, 7) is 2.20. The molecule has 2 aromatic carbocycles. The van der Waals surface area contributed by atoms with Gasteiger partial charge in [0.25, 0.3) is 0 Å². The van der Waals surface area contributed by atoms with E-state index in [0.29, 0.717) is 29.3 Å². The van der Waals surface area contributed by atoms with E-state index in [1.807, 2.05) is 18.2 Å². The van der Waals surface area contributed by atoms with Gasteiger partial charge in [0.1, 0.15) is 0 Å². The number of ketones is 1. The van der Waals surface area contributed by atoms with Gasteiger partial charge in [-0.2, -0.15) is 0 Å². The number of Topliss-reactive ketones (excluding diaryl/α,β-unsaturated/α-hetero) is 1. The Bertz CT molecular complexity index is 742. The van der Waals surface area contributed by atoms with Crippen LogP contribution in [0.3, 0.4) is 0 Å². The van der Waals surface area contributed by atoms with Crippen LogP contribution in [0, 0.1) is 0 Å². The summed E-state index contributed by atoms with van der Waals surface area (Å²) in [5.41, 5.74) is 2.25. The van der Waals surface area contributed by atoms with Gasteiger partial charge in [0.2, 0.25) is 5.91 Å². The lowest BCUT2D eigenvalue weighted by atomic mass is 10.1. The monoisotopic (exact) mass is 342 g/mol. The van der Waals surface area contributed by atoms with Gasteiger partial charge in [-0.25, -0.2) is 0 Å². The number of methoxy groups -OCH3 is 2. The van der Waals surface area contributed by atoms with Crippen molar-refractivity contribution in [2.24, 2.45) is 0 Å². The Kier molecular flexibility index (Phi) is 6.54. The molecule has 0 heterocycles. The Morgan fingerprint density at radius 3 is 2.24 bits per heavy atom. The van der Waals surface area contributed by atoms with E-state index in [4.69, 9.17) is 9.47 Å². The number of hydrogen-bond acceptors (Lipinski definition) is 5. The van der Waals surface area contributed by atoms with Crippen LogP contribution in [0.1, 0.15) is 22.8 Å². The molecule has 0 aliphatic rings. The lowest BCUT2D eigenvalue weighted by Crippen LogP contribution is -2.27. The third-order valence-corrected chi connectivity index (χ3v) is 3.64. The topological polar surface area (TPSA) is 76.7 Å². The van der Waals surface area contributed by atoms with Crippen LogP contribution in [0.2, 0.25) is 0 Å². The molecule has 1 amide bonds. The fourth-order valence-corrected chi connectivity index (χ4v) is 2.30. The highest BCUT2D eigenvalue weighted by Crippen LogP contribution is 2.27. The number of hydrogen-bond donors (Lipinski definition) is 2. The van der Waals surface area contributed by atoms with E-state index in [9.17, 15) is 9.59 Å². The molecule has 132 valence electrons. The molecule has 0 bridgehead atoms. The number of ether oxygens (including phenoxy) is 2. The molecule has 0 unspecified atom stereocenters. The van der Waals surface area contributed by atoms with Crippen LogP contribution in [-0.2, 0) is 11.3 Å². The average molecular weight is 342 g/mol. The number of carbonyl (C=O) groups excluding carboxylic acids is 2. The maximum atomic E-state index is 12.0. The van der Waals surface area contributed by atoms with E-state index in [1.54, 1.807) is 38.5 Å². The first kappa shape index (κ1) is 18.5. The Balaban J connectivity index is 1.83. The predicted octanol–water partition coefficient (Wildman–Crippen LogP) is 2.63. The minimum atomic E-state index is -0.156. The second kappa shape index (κ2) is 8.84. The van der Waals surface area contributed by atoms with Gasteiger partial charge in [0, 0.05) is 17.8 Å². The molecule has 0 fully saturated rings. The molecule has 0 aliphatic heterocycles. The molecule has 0 saturated heterocycles. The first-order valence-electron chi connectivity index (χ1n) is 7.86. The van der Waals surface area contributed by atoms with Crippen LogP contribution in [-0.4, -0.2) is 32.5 Å². The van der Waals surface area contributed by atoms with Gasteiger partial charge >= 0.3 is 0 Å². The molecule has 2 rings (SSSR count). The molecule has 2 aromatic rings. The van der Waals surface area contributed by atoms with Crippen LogP contribution in [0.4, 0.5) is 5.69 Å². The lowest BCUT2D eigenvalue weighted by molar-refractivity contribution is -0.115. The summed E-state index contributed by atoms with van der Waals surface area (Å²) in [7, 11) is 3.17. The minimum absolute atomic E-state index is 0.00513. The van der Waals surface area contributed by atoms with E-state index < -0.39 is 0 Å². The molecule has 0 aromatic heterocycles. The van der Waals surface area contributed by atoms with Crippen molar-refractivity contribution in [2.45, 2.75) is 13.5 Å². The number of nitrogens with one attached hydrogen (secondary N) is 2. The molecule has 0 atom stereocenters. The Morgan fingerprint density at radius 1 is 0.960 bits per heavy atom. The van der Waals surface area contributed by atoms with E-state index in [-0.39, 0.29) is 18.2 Å². The van der Waals surface area contributed by atoms with Gasteiger partial charge in [-0.1, -0.05) is 6.07 Å². The fraction of sp³-hybridized carbons (Fsp3) is 0.263. The summed E-state index contributed by atoms with van der Waals surface area (Å²) in [6, 6.07) is 12.4. The highest BCUT2D eigenvalue weighted by atomic mass is 16.5. The second-order valence-corrected chi connectivity index (χ2v) is 5.47. The Labute approximate surface area is 147 Å². The van der Waals surface area contributed by atoms with Crippen LogP contribution in [0.25, 0.3) is 0 Å². The van der Waals surface area contributed by atoms with Crippen molar-refractivity contribution in [1.29, 1.82) is 0 Å². The molecule has 6 nitrogen and oxygen atoms in total. The first-order valence-corrected chi connectivity index (χ1v) is 7.86. The number of carbonyl (C=O) groups is 2. The summed E-state index contributed by atoms with van der Waals surface area (Å²) in [4.78, 5) is 23.2. The van der Waals surface area contributed by atoms with E-state index in [0.717, 1.165) is 5.56 Å². The normalized spacial score (nSPS) is 10.2. The maximum absolute atomic E-state index is 12.0. The number of anilines is 1. The van der Waals surface area contributed by atoms with Gasteiger partial charge in [-0.05, 0) is 48.9 Å². The van der Waals surface area contributed by atoms with Crippen LogP contribution >= 0.6 is 0 Å². The van der Waals surface area contributed by atoms with Crippen molar-refractivity contribution in [1.82, 2.24) is 5.32 Å². The van der Waals surface area contributed by atoms with E-state index in [1.165, 1.54) is 6.92 Å². The summed E-state index contributed by atoms with van der Waals surface area (Å²) in [6.07, 6.45) is 0.